The molecular weight excluding hydrogens is 227 g/mol. The average Bonchev–Trinajstić information content (AvgIpc) is 2.33. The smallest absolute Gasteiger partial charge is 0.125 e. The summed E-state index contributed by atoms with van der Waals surface area (Å²) in [5.74, 6) is 1.38. The number of anilines is 1. The second kappa shape index (κ2) is 5.70. The topological polar surface area (TPSA) is 29.3 Å². The molecule has 0 radical (unpaired) electrons. The van der Waals surface area contributed by atoms with Crippen molar-refractivity contribution >= 4 is 5.69 Å². The summed E-state index contributed by atoms with van der Waals surface area (Å²) in [4.78, 5) is 2.42. The number of nitrogens with zero attached hydrogens (tertiary/aromatic N) is 1. The summed E-state index contributed by atoms with van der Waals surface area (Å²) in [5, 5.41) is 0. The van der Waals surface area contributed by atoms with Crippen molar-refractivity contribution in [2.75, 3.05) is 18.8 Å². The maximum Gasteiger partial charge on any atom is 0.125 e. The van der Waals surface area contributed by atoms with E-state index in [0.29, 0.717) is 5.69 Å². The lowest BCUT2D eigenvalue weighted by molar-refractivity contribution is 0.152. The van der Waals surface area contributed by atoms with Gasteiger partial charge in [-0.1, -0.05) is 19.9 Å². The number of likely N-dealkylation sites (tertiary alicyclic amines) is 1. The van der Waals surface area contributed by atoms with Gasteiger partial charge in [-0.2, -0.15) is 0 Å². The number of hydrogen-bond donors (Lipinski definition) is 1. The molecule has 3 heteroatoms. The number of halogens is 1. The van der Waals surface area contributed by atoms with Gasteiger partial charge in [0.2, 0.25) is 0 Å². The Balaban J connectivity index is 1.91. The van der Waals surface area contributed by atoms with E-state index in [9.17, 15) is 4.39 Å². The van der Waals surface area contributed by atoms with E-state index in [-0.39, 0.29) is 5.82 Å². The van der Waals surface area contributed by atoms with Crippen LogP contribution < -0.4 is 5.73 Å². The first-order valence-electron chi connectivity index (χ1n) is 6.82. The van der Waals surface area contributed by atoms with Gasteiger partial charge in [0.25, 0.3) is 0 Å². The normalized spacial score (nSPS) is 18.4. The molecule has 100 valence electrons. The van der Waals surface area contributed by atoms with Gasteiger partial charge in [0.15, 0.2) is 0 Å². The van der Waals surface area contributed by atoms with Gasteiger partial charge in [0, 0.05) is 12.2 Å². The van der Waals surface area contributed by atoms with E-state index in [1.807, 2.05) is 0 Å². The third-order valence-corrected chi connectivity index (χ3v) is 4.08. The molecular formula is C15H23FN2. The third kappa shape index (κ3) is 3.22. The van der Waals surface area contributed by atoms with Crippen LogP contribution in [0, 0.1) is 17.7 Å². The van der Waals surface area contributed by atoms with Gasteiger partial charge in [-0.05, 0) is 55.5 Å². The van der Waals surface area contributed by atoms with Crippen LogP contribution in [0.1, 0.15) is 32.3 Å². The summed E-state index contributed by atoms with van der Waals surface area (Å²) in [6.07, 6.45) is 2.53. The Labute approximate surface area is 109 Å². The quantitative estimate of drug-likeness (QED) is 0.834. The van der Waals surface area contributed by atoms with E-state index >= 15 is 0 Å². The molecule has 0 amide bonds. The fraction of sp³-hybridized carbons (Fsp3) is 0.600. The van der Waals surface area contributed by atoms with Crippen LogP contribution >= 0.6 is 0 Å². The van der Waals surface area contributed by atoms with Crippen molar-refractivity contribution in [1.82, 2.24) is 4.90 Å². The minimum atomic E-state index is -0.255. The fourth-order valence-electron chi connectivity index (χ4n) is 2.73. The monoisotopic (exact) mass is 250 g/mol. The Bertz CT molecular complexity index is 395. The van der Waals surface area contributed by atoms with E-state index in [2.05, 4.69) is 18.7 Å². The molecule has 2 nitrogen and oxygen atoms in total. The molecule has 1 aliphatic heterocycles. The highest BCUT2D eigenvalue weighted by Gasteiger charge is 2.21. The zero-order valence-electron chi connectivity index (χ0n) is 11.3. The summed E-state index contributed by atoms with van der Waals surface area (Å²) < 4.78 is 13.0. The highest BCUT2D eigenvalue weighted by atomic mass is 19.1. The number of nitrogens with two attached hydrogens (primary N) is 1. The second-order valence-electron chi connectivity index (χ2n) is 5.70. The van der Waals surface area contributed by atoms with Crippen molar-refractivity contribution in [2.45, 2.75) is 33.2 Å². The lowest BCUT2D eigenvalue weighted by atomic mass is 9.86. The zero-order chi connectivity index (χ0) is 13.1. The van der Waals surface area contributed by atoms with Crippen LogP contribution in [0.4, 0.5) is 10.1 Å². The van der Waals surface area contributed by atoms with Crippen molar-refractivity contribution in [3.05, 3.63) is 29.6 Å². The van der Waals surface area contributed by atoms with E-state index in [1.54, 1.807) is 6.07 Å². The number of benzene rings is 1. The minimum Gasteiger partial charge on any atom is -0.398 e. The molecule has 0 atom stereocenters. The molecule has 0 aliphatic carbocycles. The number of hydrogen-bond acceptors (Lipinski definition) is 2. The summed E-state index contributed by atoms with van der Waals surface area (Å²) in [6, 6.07) is 4.71. The summed E-state index contributed by atoms with van der Waals surface area (Å²) >= 11 is 0. The largest absolute Gasteiger partial charge is 0.398 e. The predicted molar refractivity (Wildman–Crippen MR) is 73.7 cm³/mol. The third-order valence-electron chi connectivity index (χ3n) is 4.08. The lowest BCUT2D eigenvalue weighted by Crippen LogP contribution is -2.34. The predicted octanol–water partition coefficient (Wildman–Crippen LogP) is 3.28. The van der Waals surface area contributed by atoms with E-state index < -0.39 is 0 Å². The first-order valence-corrected chi connectivity index (χ1v) is 6.82. The molecule has 1 aromatic rings. The van der Waals surface area contributed by atoms with Crippen molar-refractivity contribution in [3.63, 3.8) is 0 Å². The van der Waals surface area contributed by atoms with Gasteiger partial charge in [0.05, 0.1) is 0 Å². The van der Waals surface area contributed by atoms with Crippen molar-refractivity contribution < 1.29 is 4.39 Å². The molecule has 1 fully saturated rings. The van der Waals surface area contributed by atoms with Crippen LogP contribution in [-0.2, 0) is 6.54 Å². The SMILES string of the molecule is CC(C)C1CCN(Cc2ccc(F)cc2N)CC1. The first-order chi connectivity index (χ1) is 8.56. The maximum absolute atomic E-state index is 13.0. The zero-order valence-corrected chi connectivity index (χ0v) is 11.3. The van der Waals surface area contributed by atoms with Gasteiger partial charge >= 0.3 is 0 Å². The van der Waals surface area contributed by atoms with Crippen molar-refractivity contribution in [3.8, 4) is 0 Å². The van der Waals surface area contributed by atoms with Crippen LogP contribution in [-0.4, -0.2) is 18.0 Å². The molecule has 1 aliphatic rings. The standard InChI is InChI=1S/C15H23FN2/c1-11(2)12-5-7-18(8-6-12)10-13-3-4-14(16)9-15(13)17/h3-4,9,11-12H,5-8,10,17H2,1-2H3. The van der Waals surface area contributed by atoms with E-state index in [0.717, 1.165) is 37.0 Å². The highest BCUT2D eigenvalue weighted by molar-refractivity contribution is 5.46. The molecule has 1 heterocycles. The Morgan fingerprint density at radius 2 is 2.00 bits per heavy atom. The van der Waals surface area contributed by atoms with Gasteiger partial charge in [-0.15, -0.1) is 0 Å². The number of rotatable bonds is 3. The number of piperidine rings is 1. The Kier molecular flexibility index (Phi) is 4.23. The fourth-order valence-corrected chi connectivity index (χ4v) is 2.73. The molecule has 0 aromatic heterocycles. The molecule has 0 bridgehead atoms. The summed E-state index contributed by atoms with van der Waals surface area (Å²) in [5.41, 5.74) is 7.46. The van der Waals surface area contributed by atoms with Crippen LogP contribution in [0.25, 0.3) is 0 Å². The maximum atomic E-state index is 13.0. The Morgan fingerprint density at radius 1 is 1.33 bits per heavy atom. The van der Waals surface area contributed by atoms with Crippen LogP contribution in [0.2, 0.25) is 0 Å². The van der Waals surface area contributed by atoms with E-state index in [4.69, 9.17) is 5.73 Å². The Morgan fingerprint density at radius 3 is 2.56 bits per heavy atom. The van der Waals surface area contributed by atoms with Gasteiger partial charge in [-0.25, -0.2) is 4.39 Å². The van der Waals surface area contributed by atoms with Gasteiger partial charge in [-0.3, -0.25) is 4.90 Å². The molecule has 18 heavy (non-hydrogen) atoms. The molecule has 0 saturated carbocycles. The minimum absolute atomic E-state index is 0.255. The van der Waals surface area contributed by atoms with Crippen LogP contribution in [0.15, 0.2) is 18.2 Å². The number of nitrogen functional groups attached to an aromatic ring is 1. The molecule has 2 rings (SSSR count). The molecule has 0 unspecified atom stereocenters. The van der Waals surface area contributed by atoms with Crippen molar-refractivity contribution in [1.29, 1.82) is 0 Å². The second-order valence-corrected chi connectivity index (χ2v) is 5.70. The van der Waals surface area contributed by atoms with Gasteiger partial charge < -0.3 is 5.73 Å². The average molecular weight is 250 g/mol. The highest BCUT2D eigenvalue weighted by Crippen LogP contribution is 2.26. The Hall–Kier alpha value is -1.09. The van der Waals surface area contributed by atoms with Gasteiger partial charge in [0.1, 0.15) is 5.82 Å². The van der Waals surface area contributed by atoms with Crippen LogP contribution in [0.3, 0.4) is 0 Å². The lowest BCUT2D eigenvalue weighted by Gasteiger charge is -2.34. The summed E-state index contributed by atoms with van der Waals surface area (Å²) in [7, 11) is 0. The molecule has 1 aromatic carbocycles. The van der Waals surface area contributed by atoms with Crippen molar-refractivity contribution in [2.24, 2.45) is 11.8 Å². The summed E-state index contributed by atoms with van der Waals surface area (Å²) in [6.45, 7) is 7.70. The molecule has 0 spiro atoms. The molecule has 1 saturated heterocycles. The molecule has 2 N–H and O–H groups in total. The van der Waals surface area contributed by atoms with Crippen LogP contribution in [0.5, 0.6) is 0 Å². The first kappa shape index (κ1) is 13.3. The van der Waals surface area contributed by atoms with E-state index in [1.165, 1.54) is 25.0 Å².